The molecule has 160 valence electrons. The minimum atomic E-state index is -3.67. The second-order valence-electron chi connectivity index (χ2n) is 8.11. The molecule has 1 atom stereocenters. The summed E-state index contributed by atoms with van der Waals surface area (Å²) in [5.74, 6) is -0.0695. The van der Waals surface area contributed by atoms with Crippen molar-refractivity contribution < 1.29 is 22.6 Å². The van der Waals surface area contributed by atoms with Gasteiger partial charge < -0.3 is 0 Å². The highest BCUT2D eigenvalue weighted by molar-refractivity contribution is 7.85. The number of fused-ring (bicyclic) bond motifs is 2. The third kappa shape index (κ3) is 4.12. The number of hydrogen-bond acceptors (Lipinski definition) is 6. The van der Waals surface area contributed by atoms with Gasteiger partial charge in [-0.15, -0.1) is 10.2 Å². The van der Waals surface area contributed by atoms with Crippen LogP contribution in [0.2, 0.25) is 0 Å². The molecule has 1 aliphatic heterocycles. The van der Waals surface area contributed by atoms with E-state index in [0.29, 0.717) is 28.9 Å². The topological polar surface area (TPSA) is 138 Å². The number of nitrogens with one attached hydrogen (secondary N) is 1. The maximum atomic E-state index is 12.7. The molecule has 1 unspecified atom stereocenters. The van der Waals surface area contributed by atoms with Gasteiger partial charge in [0.15, 0.2) is 11.5 Å². The monoisotopic (exact) mass is 433 g/mol. The van der Waals surface area contributed by atoms with E-state index in [4.69, 9.17) is 4.55 Å². The van der Waals surface area contributed by atoms with Gasteiger partial charge in [-0.05, 0) is 19.1 Å². The number of H-pyrrole nitrogens is 1. The summed E-state index contributed by atoms with van der Waals surface area (Å²) in [5, 5.41) is 11.6. The number of benzene rings is 1. The van der Waals surface area contributed by atoms with Crippen LogP contribution in [0.1, 0.15) is 66.0 Å². The average molecular weight is 433 g/mol. The molecule has 4 rings (SSSR count). The predicted octanol–water partition coefficient (Wildman–Crippen LogP) is 2.22. The number of nitrogens with zero attached hydrogens (tertiary/aromatic N) is 4. The lowest BCUT2D eigenvalue weighted by Crippen LogP contribution is -2.33. The number of hydrogen-bond donors (Lipinski definition) is 2. The van der Waals surface area contributed by atoms with Gasteiger partial charge in [0.2, 0.25) is 0 Å². The van der Waals surface area contributed by atoms with Crippen molar-refractivity contribution in [2.45, 2.75) is 39.2 Å². The molecule has 0 saturated carbocycles. The molecule has 2 aromatic heterocycles. The van der Waals surface area contributed by atoms with E-state index in [9.17, 15) is 18.0 Å². The first kappa shape index (κ1) is 21.7. The van der Waals surface area contributed by atoms with E-state index in [0.717, 1.165) is 5.69 Å². The van der Waals surface area contributed by atoms with Gasteiger partial charge in [-0.2, -0.15) is 8.42 Å². The van der Waals surface area contributed by atoms with Gasteiger partial charge >= 0.3 is 0 Å². The Labute approximate surface area is 173 Å². The first-order valence-corrected chi connectivity index (χ1v) is 11.0. The van der Waals surface area contributed by atoms with Crippen LogP contribution in [0.5, 0.6) is 0 Å². The molecule has 1 aliphatic rings. The van der Waals surface area contributed by atoms with Crippen LogP contribution in [-0.2, 0) is 15.5 Å². The summed E-state index contributed by atoms with van der Waals surface area (Å²) in [4.78, 5) is 26.6. The molecular weight excluding hydrogens is 410 g/mol. The van der Waals surface area contributed by atoms with Crippen molar-refractivity contribution in [1.29, 1.82) is 0 Å². The standard InChI is InChI=1S/C18H19N5O2.CH4O3S/c1-10(22-16(24)11-7-5-6-8-12(11)17(22)25)15-20-19-14-9-13(18(2,3)4)21-23(14)15;1-5(2,3)4/h5-10,21H,1-4H3;1H3,(H,2,3,4). The van der Waals surface area contributed by atoms with Crippen molar-refractivity contribution >= 4 is 27.6 Å². The first-order valence-electron chi connectivity index (χ1n) is 9.13. The van der Waals surface area contributed by atoms with Gasteiger partial charge in [0, 0.05) is 17.2 Å². The lowest BCUT2D eigenvalue weighted by Gasteiger charge is -2.21. The molecule has 0 saturated heterocycles. The number of carbonyl (C=O) groups excluding carboxylic acids is 2. The van der Waals surface area contributed by atoms with Crippen molar-refractivity contribution in [3.05, 3.63) is 53.0 Å². The summed E-state index contributed by atoms with van der Waals surface area (Å²) in [6.45, 7) is 8.08. The first-order chi connectivity index (χ1) is 13.8. The minimum Gasteiger partial charge on any atom is -0.295 e. The summed E-state index contributed by atoms with van der Waals surface area (Å²) >= 11 is 0. The Kier molecular flexibility index (Phi) is 5.29. The van der Waals surface area contributed by atoms with Gasteiger partial charge in [-0.3, -0.25) is 24.1 Å². The fourth-order valence-electron chi connectivity index (χ4n) is 3.13. The fraction of sp³-hybridized carbons (Fsp3) is 0.368. The quantitative estimate of drug-likeness (QED) is 0.467. The molecule has 0 fully saturated rings. The lowest BCUT2D eigenvalue weighted by molar-refractivity contribution is 0.0587. The van der Waals surface area contributed by atoms with E-state index < -0.39 is 16.2 Å². The van der Waals surface area contributed by atoms with E-state index in [1.54, 1.807) is 35.7 Å². The highest BCUT2D eigenvalue weighted by Crippen LogP contribution is 2.31. The SMILES string of the molecule is CC(c1nnc2cc(C(C)(C)C)[nH]n12)N1C(=O)c2ccccc2C1=O.CS(=O)(=O)O. The molecule has 0 bridgehead atoms. The molecule has 3 heterocycles. The molecule has 2 amide bonds. The van der Waals surface area contributed by atoms with Gasteiger partial charge in [-0.25, -0.2) is 4.52 Å². The van der Waals surface area contributed by atoms with Crippen LogP contribution in [0.15, 0.2) is 30.3 Å². The summed E-state index contributed by atoms with van der Waals surface area (Å²) < 4.78 is 27.6. The van der Waals surface area contributed by atoms with Crippen LogP contribution >= 0.6 is 0 Å². The van der Waals surface area contributed by atoms with E-state index in [2.05, 4.69) is 36.1 Å². The maximum Gasteiger partial charge on any atom is 0.262 e. The molecule has 10 nitrogen and oxygen atoms in total. The van der Waals surface area contributed by atoms with Gasteiger partial charge in [0.1, 0.15) is 0 Å². The Morgan fingerprint density at radius 3 is 2.03 bits per heavy atom. The molecule has 30 heavy (non-hydrogen) atoms. The summed E-state index contributed by atoms with van der Waals surface area (Å²) in [7, 11) is -3.67. The predicted molar refractivity (Wildman–Crippen MR) is 109 cm³/mol. The number of aromatic amines is 1. The Hall–Kier alpha value is -3.05. The zero-order chi connectivity index (χ0) is 22.4. The van der Waals surface area contributed by atoms with E-state index in [-0.39, 0.29) is 17.2 Å². The Morgan fingerprint density at radius 1 is 1.07 bits per heavy atom. The maximum absolute atomic E-state index is 12.7. The van der Waals surface area contributed by atoms with Crippen molar-refractivity contribution in [3.8, 4) is 0 Å². The number of carbonyl (C=O) groups is 2. The second kappa shape index (κ2) is 7.33. The third-order valence-corrected chi connectivity index (χ3v) is 4.61. The molecule has 11 heteroatoms. The van der Waals surface area contributed by atoms with Gasteiger partial charge in [0.05, 0.1) is 23.4 Å². The molecule has 0 radical (unpaired) electrons. The molecule has 3 aromatic rings. The largest absolute Gasteiger partial charge is 0.295 e. The molecule has 0 spiro atoms. The zero-order valence-corrected chi connectivity index (χ0v) is 18.1. The van der Waals surface area contributed by atoms with Crippen LogP contribution in [0, 0.1) is 0 Å². The van der Waals surface area contributed by atoms with Gasteiger partial charge in [0.25, 0.3) is 21.9 Å². The van der Waals surface area contributed by atoms with Crippen LogP contribution in [0.3, 0.4) is 0 Å². The van der Waals surface area contributed by atoms with Crippen molar-refractivity contribution in [2.75, 3.05) is 6.26 Å². The fourth-order valence-corrected chi connectivity index (χ4v) is 3.13. The van der Waals surface area contributed by atoms with E-state index >= 15 is 0 Å². The molecule has 2 N–H and O–H groups in total. The summed E-state index contributed by atoms with van der Waals surface area (Å²) in [6, 6.07) is 8.27. The number of amides is 2. The number of imide groups is 1. The third-order valence-electron chi connectivity index (χ3n) is 4.61. The smallest absolute Gasteiger partial charge is 0.262 e. The highest BCUT2D eigenvalue weighted by Gasteiger charge is 2.40. The number of aromatic nitrogens is 4. The van der Waals surface area contributed by atoms with Crippen molar-refractivity contribution in [1.82, 2.24) is 24.7 Å². The highest BCUT2D eigenvalue weighted by atomic mass is 32.2. The van der Waals surface area contributed by atoms with Gasteiger partial charge in [-0.1, -0.05) is 32.9 Å². The second-order valence-corrected chi connectivity index (χ2v) is 9.57. The Balaban J connectivity index is 0.000000461. The summed E-state index contributed by atoms with van der Waals surface area (Å²) in [5.41, 5.74) is 2.47. The lowest BCUT2D eigenvalue weighted by atomic mass is 9.93. The molecular formula is C19H23N5O5S. The normalized spacial score (nSPS) is 15.2. The number of rotatable bonds is 2. The van der Waals surface area contributed by atoms with E-state index in [1.165, 1.54) is 4.90 Å². The zero-order valence-electron chi connectivity index (χ0n) is 17.2. The molecule has 0 aliphatic carbocycles. The Morgan fingerprint density at radius 2 is 1.57 bits per heavy atom. The van der Waals surface area contributed by atoms with Crippen molar-refractivity contribution in [3.63, 3.8) is 0 Å². The Bertz CT molecular complexity index is 1190. The van der Waals surface area contributed by atoms with Crippen LogP contribution in [-0.4, -0.2) is 55.8 Å². The van der Waals surface area contributed by atoms with Crippen LogP contribution in [0.25, 0.3) is 5.65 Å². The molecule has 1 aromatic carbocycles. The average Bonchev–Trinajstić information content (AvgIpc) is 3.26. The van der Waals surface area contributed by atoms with Crippen LogP contribution < -0.4 is 0 Å². The van der Waals surface area contributed by atoms with Crippen LogP contribution in [0.4, 0.5) is 0 Å². The van der Waals surface area contributed by atoms with E-state index in [1.807, 2.05) is 6.07 Å². The minimum absolute atomic E-state index is 0.0727. The summed E-state index contributed by atoms with van der Waals surface area (Å²) in [6.07, 6.45) is 0.715. The van der Waals surface area contributed by atoms with Crippen molar-refractivity contribution in [2.24, 2.45) is 0 Å².